The van der Waals surface area contributed by atoms with Crippen molar-refractivity contribution < 1.29 is 40.6 Å². The summed E-state index contributed by atoms with van der Waals surface area (Å²) >= 11 is 0. The van der Waals surface area contributed by atoms with E-state index < -0.39 is 35.4 Å². The minimum atomic E-state index is -4.94. The van der Waals surface area contributed by atoms with Gasteiger partial charge in [-0.05, 0) is 66.6 Å². The maximum Gasteiger partial charge on any atom is 0.416 e. The molecular weight excluding hydrogens is 502 g/mol. The molecule has 11 heteroatoms. The van der Waals surface area contributed by atoms with Crippen LogP contribution in [0.1, 0.15) is 55.4 Å². The van der Waals surface area contributed by atoms with Gasteiger partial charge in [-0.15, -0.1) is 0 Å². The molecule has 2 aromatic rings. The van der Waals surface area contributed by atoms with E-state index in [9.17, 15) is 31.1 Å². The zero-order chi connectivity index (χ0) is 27.0. The fourth-order valence-electron chi connectivity index (χ4n) is 5.04. The Morgan fingerprint density at radius 3 is 2.22 bits per heavy atom. The van der Waals surface area contributed by atoms with Gasteiger partial charge >= 0.3 is 12.4 Å². The highest BCUT2D eigenvalue weighted by Gasteiger charge is 2.47. The molecule has 2 atom stereocenters. The van der Waals surface area contributed by atoms with Gasteiger partial charge in [-0.2, -0.15) is 26.3 Å². The third-order valence-corrected chi connectivity index (χ3v) is 7.24. The molecular formula is C26H28F6N2O3. The summed E-state index contributed by atoms with van der Waals surface area (Å²) in [6.45, 7) is 4.08. The molecule has 1 aliphatic heterocycles. The second-order valence-electron chi connectivity index (χ2n) is 9.92. The van der Waals surface area contributed by atoms with Crippen molar-refractivity contribution >= 4 is 5.91 Å². The average Bonchev–Trinajstić information content (AvgIpc) is 3.47. The van der Waals surface area contributed by atoms with Gasteiger partial charge in [-0.25, -0.2) is 0 Å². The fourth-order valence-corrected chi connectivity index (χ4v) is 5.04. The van der Waals surface area contributed by atoms with Crippen LogP contribution in [-0.2, 0) is 30.2 Å². The van der Waals surface area contributed by atoms with E-state index in [-0.39, 0.29) is 36.3 Å². The smallest absolute Gasteiger partial charge is 0.416 e. The lowest BCUT2D eigenvalue weighted by molar-refractivity contribution is -0.143. The highest BCUT2D eigenvalue weighted by atomic mass is 19.4. The molecule has 1 fully saturated rings. The molecule has 2 aliphatic rings. The average molecular weight is 531 g/mol. The van der Waals surface area contributed by atoms with Gasteiger partial charge in [0.1, 0.15) is 0 Å². The molecule has 0 bridgehead atoms. The van der Waals surface area contributed by atoms with Crippen LogP contribution in [0.4, 0.5) is 26.3 Å². The van der Waals surface area contributed by atoms with Gasteiger partial charge in [0.05, 0.1) is 16.5 Å². The van der Waals surface area contributed by atoms with E-state index in [0.29, 0.717) is 49.4 Å². The number of nitrogens with one attached hydrogen (secondary N) is 2. The lowest BCUT2D eigenvalue weighted by atomic mass is 9.74. The Morgan fingerprint density at radius 2 is 1.59 bits per heavy atom. The molecule has 1 saturated carbocycles. The Morgan fingerprint density at radius 1 is 0.946 bits per heavy atom. The Bertz CT molecular complexity index is 1120. The number of carbonyl (C=O) groups is 1. The van der Waals surface area contributed by atoms with Crippen molar-refractivity contribution in [3.63, 3.8) is 0 Å². The van der Waals surface area contributed by atoms with Crippen molar-refractivity contribution in [2.45, 2.75) is 64.6 Å². The van der Waals surface area contributed by atoms with Crippen molar-refractivity contribution in [3.8, 4) is 11.5 Å². The number of ether oxygens (including phenoxy) is 2. The van der Waals surface area contributed by atoms with E-state index in [2.05, 4.69) is 10.6 Å². The van der Waals surface area contributed by atoms with Crippen molar-refractivity contribution in [2.75, 3.05) is 6.79 Å². The van der Waals surface area contributed by atoms with Gasteiger partial charge in [0, 0.05) is 19.1 Å². The normalized spacial score (nSPS) is 21.5. The van der Waals surface area contributed by atoms with Gasteiger partial charge in [-0.1, -0.05) is 19.9 Å². The number of amides is 1. The van der Waals surface area contributed by atoms with Gasteiger partial charge in [-0.3, -0.25) is 4.79 Å². The van der Waals surface area contributed by atoms with Gasteiger partial charge in [0.2, 0.25) is 12.7 Å². The standard InChI is InChI=1S/C26H28F6N2O3/c1-15(2)24(6-5-20(11-24)33-12-16-3-4-21-22(9-16)37-14-36-21)23(35)34-13-17-7-18(25(27,28)29)10-19(8-17)26(30,31)32/h3-4,7-10,15,20,33H,5-6,11-14H2,1-2H3,(H,34,35)/t20-,24+/m1/s1. The monoisotopic (exact) mass is 530 g/mol. The van der Waals surface area contributed by atoms with E-state index in [1.807, 2.05) is 32.0 Å². The molecule has 0 radical (unpaired) electrons. The molecule has 37 heavy (non-hydrogen) atoms. The summed E-state index contributed by atoms with van der Waals surface area (Å²) in [5.74, 6) is 0.895. The minimum absolute atomic E-state index is 0.0176. The van der Waals surface area contributed by atoms with Crippen LogP contribution in [0.5, 0.6) is 11.5 Å². The van der Waals surface area contributed by atoms with Crippen molar-refractivity contribution in [3.05, 3.63) is 58.7 Å². The van der Waals surface area contributed by atoms with E-state index >= 15 is 0 Å². The lowest BCUT2D eigenvalue weighted by Crippen LogP contribution is -2.43. The van der Waals surface area contributed by atoms with Crippen LogP contribution in [0.15, 0.2) is 36.4 Å². The SMILES string of the molecule is CC(C)[C@]1(C(=O)NCc2cc(C(F)(F)F)cc(C(F)(F)F)c2)CC[C@@H](NCc2ccc3c(c2)OCO3)C1. The van der Waals surface area contributed by atoms with Gasteiger partial charge in [0.25, 0.3) is 0 Å². The summed E-state index contributed by atoms with van der Waals surface area (Å²) in [7, 11) is 0. The maximum atomic E-state index is 13.3. The zero-order valence-electron chi connectivity index (χ0n) is 20.4. The largest absolute Gasteiger partial charge is 0.454 e. The highest BCUT2D eigenvalue weighted by molar-refractivity contribution is 5.83. The highest BCUT2D eigenvalue weighted by Crippen LogP contribution is 2.45. The summed E-state index contributed by atoms with van der Waals surface area (Å²) in [5, 5.41) is 6.06. The number of rotatable bonds is 7. The third-order valence-electron chi connectivity index (χ3n) is 7.24. The molecule has 0 aromatic heterocycles. The van der Waals surface area contributed by atoms with Gasteiger partial charge in [0.15, 0.2) is 11.5 Å². The fraction of sp³-hybridized carbons (Fsp3) is 0.500. The minimum Gasteiger partial charge on any atom is -0.454 e. The molecule has 202 valence electrons. The summed E-state index contributed by atoms with van der Waals surface area (Å²) in [6.07, 6.45) is -8.13. The van der Waals surface area contributed by atoms with Crippen LogP contribution in [-0.4, -0.2) is 18.7 Å². The van der Waals surface area contributed by atoms with Gasteiger partial charge < -0.3 is 20.1 Å². The third kappa shape index (κ3) is 5.97. The van der Waals surface area contributed by atoms with Crippen LogP contribution in [0.25, 0.3) is 0 Å². The maximum absolute atomic E-state index is 13.3. The van der Waals surface area contributed by atoms with E-state index in [0.717, 1.165) is 5.56 Å². The number of hydrogen-bond acceptors (Lipinski definition) is 4. The van der Waals surface area contributed by atoms with E-state index in [1.165, 1.54) is 0 Å². The van der Waals surface area contributed by atoms with Crippen LogP contribution in [0.3, 0.4) is 0 Å². The van der Waals surface area contributed by atoms with Crippen LogP contribution in [0.2, 0.25) is 0 Å². The first-order valence-corrected chi connectivity index (χ1v) is 12.0. The predicted molar refractivity (Wildman–Crippen MR) is 123 cm³/mol. The molecule has 0 spiro atoms. The van der Waals surface area contributed by atoms with Crippen LogP contribution >= 0.6 is 0 Å². The Labute approximate surface area is 210 Å². The number of fused-ring (bicyclic) bond motifs is 1. The number of benzene rings is 2. The van der Waals surface area contributed by atoms with Crippen molar-refractivity contribution in [2.24, 2.45) is 11.3 Å². The topological polar surface area (TPSA) is 59.6 Å². The van der Waals surface area contributed by atoms with E-state index in [1.54, 1.807) is 0 Å². The molecule has 1 aliphatic carbocycles. The van der Waals surface area contributed by atoms with E-state index in [4.69, 9.17) is 9.47 Å². The molecule has 4 rings (SSSR count). The molecule has 1 amide bonds. The summed E-state index contributed by atoms with van der Waals surface area (Å²) in [6, 6.07) is 7.01. The second-order valence-corrected chi connectivity index (χ2v) is 9.92. The number of carbonyl (C=O) groups excluding carboxylic acids is 1. The van der Waals surface area contributed by atoms with Crippen LogP contribution < -0.4 is 20.1 Å². The zero-order valence-corrected chi connectivity index (χ0v) is 20.4. The quantitative estimate of drug-likeness (QED) is 0.428. The number of hydrogen-bond donors (Lipinski definition) is 2. The first-order valence-electron chi connectivity index (χ1n) is 12.0. The Balaban J connectivity index is 1.42. The summed E-state index contributed by atoms with van der Waals surface area (Å²) in [4.78, 5) is 13.3. The molecule has 2 aromatic carbocycles. The predicted octanol–water partition coefficient (Wildman–Crippen LogP) is 6.05. The van der Waals surface area contributed by atoms with Crippen LogP contribution in [0, 0.1) is 11.3 Å². The molecule has 0 unspecified atom stereocenters. The van der Waals surface area contributed by atoms with Crippen molar-refractivity contribution in [1.82, 2.24) is 10.6 Å². The van der Waals surface area contributed by atoms with Crippen molar-refractivity contribution in [1.29, 1.82) is 0 Å². The lowest BCUT2D eigenvalue weighted by Gasteiger charge is -2.32. The second kappa shape index (κ2) is 10.1. The number of alkyl halides is 6. The summed E-state index contributed by atoms with van der Waals surface area (Å²) in [5.41, 5.74) is -2.87. The first-order chi connectivity index (χ1) is 17.3. The Kier molecular flexibility index (Phi) is 7.38. The molecule has 5 nitrogen and oxygen atoms in total. The molecule has 0 saturated heterocycles. The molecule has 1 heterocycles. The summed E-state index contributed by atoms with van der Waals surface area (Å²) < 4.78 is 89.8. The number of halogens is 6. The Hall–Kier alpha value is -2.95. The molecule has 2 N–H and O–H groups in total. The first kappa shape index (κ1) is 27.1.